The lowest BCUT2D eigenvalue weighted by molar-refractivity contribution is -0.138. The van der Waals surface area contributed by atoms with Crippen LogP contribution in [-0.2, 0) is 6.18 Å². The molecule has 1 aliphatic rings. The van der Waals surface area contributed by atoms with Crippen molar-refractivity contribution in [1.82, 2.24) is 25.3 Å². The summed E-state index contributed by atoms with van der Waals surface area (Å²) in [6.45, 7) is 1.52. The first kappa shape index (κ1) is 17.1. The van der Waals surface area contributed by atoms with E-state index in [0.717, 1.165) is 18.9 Å². The third-order valence-corrected chi connectivity index (χ3v) is 3.69. The molecule has 0 radical (unpaired) electrons. The third kappa shape index (κ3) is 4.01. The quantitative estimate of drug-likeness (QED) is 0.875. The summed E-state index contributed by atoms with van der Waals surface area (Å²) in [6.07, 6.45) is -1.41. The summed E-state index contributed by atoms with van der Waals surface area (Å²) >= 11 is 0. The maximum Gasteiger partial charge on any atom is 0.419 e. The minimum atomic E-state index is -4.53. The van der Waals surface area contributed by atoms with Crippen LogP contribution in [0.15, 0.2) is 23.3 Å². The minimum Gasteiger partial charge on any atom is -0.341 e. The standard InChI is InChI=1S/C15H14F3N5O2/c1-7(12-19-5-9(6-20-12)15(16,17)18)21-14(25)10-4-11(24)23-13(22-10)8-2-3-8/h4-8H,2-3H2,1H3,(H,21,25)(H,22,23,24). The Kier molecular flexibility index (Phi) is 4.27. The lowest BCUT2D eigenvalue weighted by Gasteiger charge is -2.13. The van der Waals surface area contributed by atoms with Crippen molar-refractivity contribution in [3.05, 3.63) is 51.7 Å². The van der Waals surface area contributed by atoms with Gasteiger partial charge in [0, 0.05) is 24.4 Å². The number of carbonyl (C=O) groups excluding carboxylic acids is 1. The fourth-order valence-electron chi connectivity index (χ4n) is 2.19. The number of amides is 1. The molecule has 10 heteroatoms. The van der Waals surface area contributed by atoms with Gasteiger partial charge in [0.1, 0.15) is 17.3 Å². The summed E-state index contributed by atoms with van der Waals surface area (Å²) in [4.78, 5) is 37.9. The van der Waals surface area contributed by atoms with Crippen molar-refractivity contribution < 1.29 is 18.0 Å². The normalized spacial score (nSPS) is 15.7. The van der Waals surface area contributed by atoms with Gasteiger partial charge in [0.2, 0.25) is 0 Å². The van der Waals surface area contributed by atoms with Gasteiger partial charge in [-0.25, -0.2) is 15.0 Å². The molecule has 1 atom stereocenters. The van der Waals surface area contributed by atoms with Gasteiger partial charge in [0.15, 0.2) is 0 Å². The Hall–Kier alpha value is -2.78. The van der Waals surface area contributed by atoms with E-state index in [0.29, 0.717) is 18.2 Å². The van der Waals surface area contributed by atoms with Crippen molar-refractivity contribution in [3.63, 3.8) is 0 Å². The Labute approximate surface area is 139 Å². The number of hydrogen-bond acceptors (Lipinski definition) is 5. The van der Waals surface area contributed by atoms with E-state index < -0.39 is 29.2 Å². The highest BCUT2D eigenvalue weighted by molar-refractivity contribution is 5.92. The van der Waals surface area contributed by atoms with Gasteiger partial charge in [-0.3, -0.25) is 9.59 Å². The maximum absolute atomic E-state index is 12.5. The minimum absolute atomic E-state index is 0.0219. The first-order valence-electron chi connectivity index (χ1n) is 7.55. The molecule has 1 amide bonds. The molecule has 25 heavy (non-hydrogen) atoms. The molecule has 1 fully saturated rings. The molecule has 1 unspecified atom stereocenters. The predicted octanol–water partition coefficient (Wildman–Crippen LogP) is 1.95. The van der Waals surface area contributed by atoms with Gasteiger partial charge in [-0.15, -0.1) is 0 Å². The fraction of sp³-hybridized carbons (Fsp3) is 0.400. The highest BCUT2D eigenvalue weighted by Crippen LogP contribution is 2.37. The molecule has 0 bridgehead atoms. The number of halogens is 3. The largest absolute Gasteiger partial charge is 0.419 e. The van der Waals surface area contributed by atoms with Gasteiger partial charge in [-0.05, 0) is 19.8 Å². The zero-order chi connectivity index (χ0) is 18.2. The van der Waals surface area contributed by atoms with E-state index >= 15 is 0 Å². The van der Waals surface area contributed by atoms with Crippen LogP contribution in [0.3, 0.4) is 0 Å². The summed E-state index contributed by atoms with van der Waals surface area (Å²) in [7, 11) is 0. The lowest BCUT2D eigenvalue weighted by Crippen LogP contribution is -2.30. The van der Waals surface area contributed by atoms with E-state index in [1.807, 2.05) is 0 Å². The summed E-state index contributed by atoms with van der Waals surface area (Å²) in [6, 6.07) is 0.321. The van der Waals surface area contributed by atoms with E-state index in [9.17, 15) is 22.8 Å². The Balaban J connectivity index is 1.73. The molecule has 2 N–H and O–H groups in total. The topological polar surface area (TPSA) is 101 Å². The van der Waals surface area contributed by atoms with Crippen molar-refractivity contribution in [2.45, 2.75) is 37.9 Å². The zero-order valence-electron chi connectivity index (χ0n) is 13.1. The Morgan fingerprint density at radius 2 is 1.96 bits per heavy atom. The van der Waals surface area contributed by atoms with E-state index in [-0.39, 0.29) is 17.4 Å². The van der Waals surface area contributed by atoms with E-state index in [1.54, 1.807) is 0 Å². The molecule has 7 nitrogen and oxygen atoms in total. The van der Waals surface area contributed by atoms with Gasteiger partial charge in [0.25, 0.3) is 11.5 Å². The van der Waals surface area contributed by atoms with Gasteiger partial charge in [0.05, 0.1) is 11.6 Å². The second-order valence-electron chi connectivity index (χ2n) is 5.81. The average Bonchev–Trinajstić information content (AvgIpc) is 3.38. The predicted molar refractivity (Wildman–Crippen MR) is 79.7 cm³/mol. The molecule has 3 rings (SSSR count). The van der Waals surface area contributed by atoms with Gasteiger partial charge in [-0.2, -0.15) is 13.2 Å². The molecule has 2 aromatic rings. The van der Waals surface area contributed by atoms with Crippen LogP contribution < -0.4 is 10.9 Å². The number of hydrogen-bond donors (Lipinski definition) is 2. The Bertz CT molecular complexity index is 843. The summed E-state index contributed by atoms with van der Waals surface area (Å²) in [5, 5.41) is 2.52. The third-order valence-electron chi connectivity index (χ3n) is 3.69. The van der Waals surface area contributed by atoms with E-state index in [4.69, 9.17) is 0 Å². The fourth-order valence-corrected chi connectivity index (χ4v) is 2.19. The van der Waals surface area contributed by atoms with E-state index in [1.165, 1.54) is 6.92 Å². The number of nitrogens with zero attached hydrogens (tertiary/aromatic N) is 3. The Morgan fingerprint density at radius 1 is 1.32 bits per heavy atom. The van der Waals surface area contributed by atoms with Crippen LogP contribution in [0.4, 0.5) is 13.2 Å². The molecule has 0 aromatic carbocycles. The lowest BCUT2D eigenvalue weighted by atomic mass is 10.2. The molecule has 1 aliphatic carbocycles. The first-order chi connectivity index (χ1) is 11.7. The van der Waals surface area contributed by atoms with Crippen LogP contribution in [0.5, 0.6) is 0 Å². The van der Waals surface area contributed by atoms with Crippen LogP contribution in [0.1, 0.15) is 59.4 Å². The molecular formula is C15H14F3N5O2. The zero-order valence-corrected chi connectivity index (χ0v) is 13.1. The van der Waals surface area contributed by atoms with Crippen LogP contribution in [0.2, 0.25) is 0 Å². The molecule has 2 aromatic heterocycles. The highest BCUT2D eigenvalue weighted by atomic mass is 19.4. The molecule has 132 valence electrons. The molecule has 0 spiro atoms. The second kappa shape index (κ2) is 6.26. The van der Waals surface area contributed by atoms with Crippen molar-refractivity contribution >= 4 is 5.91 Å². The number of alkyl halides is 3. The molecule has 2 heterocycles. The van der Waals surface area contributed by atoms with Gasteiger partial charge in [-0.1, -0.05) is 0 Å². The van der Waals surface area contributed by atoms with Crippen molar-refractivity contribution in [2.24, 2.45) is 0 Å². The van der Waals surface area contributed by atoms with Crippen molar-refractivity contribution in [2.75, 3.05) is 0 Å². The Morgan fingerprint density at radius 3 is 2.52 bits per heavy atom. The highest BCUT2D eigenvalue weighted by Gasteiger charge is 2.31. The van der Waals surface area contributed by atoms with Crippen molar-refractivity contribution in [1.29, 1.82) is 0 Å². The van der Waals surface area contributed by atoms with Crippen LogP contribution in [0, 0.1) is 0 Å². The molecular weight excluding hydrogens is 339 g/mol. The van der Waals surface area contributed by atoms with Crippen LogP contribution >= 0.6 is 0 Å². The van der Waals surface area contributed by atoms with Crippen LogP contribution in [0.25, 0.3) is 0 Å². The maximum atomic E-state index is 12.5. The number of carbonyl (C=O) groups is 1. The number of H-pyrrole nitrogens is 1. The second-order valence-corrected chi connectivity index (χ2v) is 5.81. The first-order valence-corrected chi connectivity index (χ1v) is 7.55. The number of nitrogens with one attached hydrogen (secondary N) is 2. The van der Waals surface area contributed by atoms with Gasteiger partial charge >= 0.3 is 6.18 Å². The molecule has 0 saturated heterocycles. The average molecular weight is 353 g/mol. The summed E-state index contributed by atoms with van der Waals surface area (Å²) < 4.78 is 37.5. The summed E-state index contributed by atoms with van der Waals surface area (Å²) in [5.74, 6) is 0.0322. The van der Waals surface area contributed by atoms with Crippen molar-refractivity contribution in [3.8, 4) is 0 Å². The van der Waals surface area contributed by atoms with Gasteiger partial charge < -0.3 is 10.3 Å². The number of rotatable bonds is 4. The smallest absolute Gasteiger partial charge is 0.341 e. The van der Waals surface area contributed by atoms with Crippen LogP contribution in [-0.4, -0.2) is 25.8 Å². The summed E-state index contributed by atoms with van der Waals surface area (Å²) in [5.41, 5.74) is -1.45. The monoisotopic (exact) mass is 353 g/mol. The van der Waals surface area contributed by atoms with E-state index in [2.05, 4.69) is 25.3 Å². The number of aromatic nitrogens is 4. The number of aromatic amines is 1. The molecule has 0 aliphatic heterocycles. The molecule has 1 saturated carbocycles. The SMILES string of the molecule is CC(NC(=O)c1cc(=O)[nH]c(C2CC2)n1)c1ncc(C(F)(F)F)cn1.